The maximum Gasteiger partial charge on any atom is 0.318 e. The lowest BCUT2D eigenvalue weighted by Crippen LogP contribution is -2.46. The first-order chi connectivity index (χ1) is 16.9. The van der Waals surface area contributed by atoms with E-state index in [-0.39, 0.29) is 24.0 Å². The fourth-order valence-electron chi connectivity index (χ4n) is 4.42. The number of fused-ring (bicyclic) bond motifs is 1. The van der Waals surface area contributed by atoms with Crippen LogP contribution in [0.2, 0.25) is 0 Å². The molecule has 0 atom stereocenters. The van der Waals surface area contributed by atoms with E-state index in [1.807, 2.05) is 30.3 Å². The molecule has 10 heteroatoms. The van der Waals surface area contributed by atoms with Gasteiger partial charge < -0.3 is 9.30 Å². The smallest absolute Gasteiger partial charge is 0.318 e. The van der Waals surface area contributed by atoms with Gasteiger partial charge in [-0.3, -0.25) is 14.2 Å². The molecule has 0 saturated carbocycles. The van der Waals surface area contributed by atoms with Crippen LogP contribution in [0.25, 0.3) is 11.2 Å². The largest absolute Gasteiger partial charge is 0.457 e. The molecule has 35 heavy (non-hydrogen) atoms. The van der Waals surface area contributed by atoms with Crippen molar-refractivity contribution in [2.45, 2.75) is 23.8 Å². The van der Waals surface area contributed by atoms with Gasteiger partial charge in [0.1, 0.15) is 11.5 Å². The zero-order chi connectivity index (χ0) is 24.6. The number of benzene rings is 2. The number of nitrogens with zero attached hydrogens (tertiary/aromatic N) is 4. The molecule has 2 aromatic heterocycles. The predicted octanol–water partition coefficient (Wildman–Crippen LogP) is 2.91. The van der Waals surface area contributed by atoms with E-state index in [1.54, 1.807) is 37.5 Å². The molecule has 180 valence electrons. The fraction of sp³-hybridized carbons (Fsp3) is 0.240. The Kier molecular flexibility index (Phi) is 6.00. The standard InChI is InChI=1S/C25H24N4O5S/c1-27-22-8-5-15-26-23(22)29(25(31)24(27)30)18-13-16-28(17-14-18)35(32,33)21-11-9-20(10-12-21)34-19-6-3-2-4-7-19/h2-12,15,18H,13-14,16-17H2,1H3. The molecule has 4 aromatic rings. The van der Waals surface area contributed by atoms with Gasteiger partial charge in [-0.05, 0) is 61.4 Å². The molecule has 2 aromatic carbocycles. The zero-order valence-electron chi connectivity index (χ0n) is 19.1. The Balaban J connectivity index is 1.34. The van der Waals surface area contributed by atoms with Gasteiger partial charge in [-0.15, -0.1) is 0 Å². The number of aryl methyl sites for hydroxylation is 1. The van der Waals surface area contributed by atoms with Crippen molar-refractivity contribution >= 4 is 21.2 Å². The predicted molar refractivity (Wildman–Crippen MR) is 131 cm³/mol. The minimum atomic E-state index is -3.72. The van der Waals surface area contributed by atoms with Gasteiger partial charge in [0.15, 0.2) is 5.65 Å². The van der Waals surface area contributed by atoms with Crippen LogP contribution in [-0.2, 0) is 17.1 Å². The molecule has 0 unspecified atom stereocenters. The third-order valence-electron chi connectivity index (χ3n) is 6.29. The van der Waals surface area contributed by atoms with Crippen molar-refractivity contribution in [3.05, 3.63) is 93.6 Å². The highest BCUT2D eigenvalue weighted by Crippen LogP contribution is 2.29. The number of aromatic nitrogens is 3. The topological polar surface area (TPSA) is 104 Å². The van der Waals surface area contributed by atoms with Gasteiger partial charge in [0.2, 0.25) is 10.0 Å². The average Bonchev–Trinajstić information content (AvgIpc) is 2.89. The van der Waals surface area contributed by atoms with E-state index in [1.165, 1.54) is 25.6 Å². The number of hydrogen-bond donors (Lipinski definition) is 0. The van der Waals surface area contributed by atoms with Crippen LogP contribution >= 0.6 is 0 Å². The van der Waals surface area contributed by atoms with Gasteiger partial charge in [0.05, 0.1) is 10.4 Å². The maximum absolute atomic E-state index is 13.2. The molecular weight excluding hydrogens is 468 g/mol. The number of piperidine rings is 1. The summed E-state index contributed by atoms with van der Waals surface area (Å²) >= 11 is 0. The minimum absolute atomic E-state index is 0.175. The van der Waals surface area contributed by atoms with Crippen molar-refractivity contribution < 1.29 is 13.2 Å². The van der Waals surface area contributed by atoms with Crippen LogP contribution in [0.3, 0.4) is 0 Å². The molecule has 0 aliphatic carbocycles. The molecule has 0 spiro atoms. The molecule has 1 saturated heterocycles. The SMILES string of the molecule is Cn1c(=O)c(=O)n(C2CCN(S(=O)(=O)c3ccc(Oc4ccccc4)cc3)CC2)c2ncccc21. The van der Waals surface area contributed by atoms with Crippen LogP contribution in [0.15, 0.2) is 87.4 Å². The lowest BCUT2D eigenvalue weighted by Gasteiger charge is -2.32. The second-order valence-electron chi connectivity index (χ2n) is 8.41. The normalized spacial score (nSPS) is 15.3. The van der Waals surface area contributed by atoms with Gasteiger partial charge in [0, 0.05) is 32.4 Å². The molecule has 3 heterocycles. The van der Waals surface area contributed by atoms with Crippen LogP contribution in [0, 0.1) is 0 Å². The number of para-hydroxylation sites is 1. The van der Waals surface area contributed by atoms with Crippen molar-refractivity contribution in [1.82, 2.24) is 18.4 Å². The first kappa shape index (κ1) is 23.0. The van der Waals surface area contributed by atoms with E-state index in [0.717, 1.165) is 0 Å². The van der Waals surface area contributed by atoms with Gasteiger partial charge >= 0.3 is 11.1 Å². The highest BCUT2D eigenvalue weighted by atomic mass is 32.2. The molecule has 1 aliphatic rings. The van der Waals surface area contributed by atoms with Gasteiger partial charge in [-0.1, -0.05) is 18.2 Å². The summed E-state index contributed by atoms with van der Waals surface area (Å²) in [6, 6.07) is 18.7. The third-order valence-corrected chi connectivity index (χ3v) is 8.20. The number of sulfonamides is 1. The summed E-state index contributed by atoms with van der Waals surface area (Å²) in [5.74, 6) is 1.21. The van der Waals surface area contributed by atoms with Crippen molar-refractivity contribution in [1.29, 1.82) is 0 Å². The summed E-state index contributed by atoms with van der Waals surface area (Å²) in [6.45, 7) is 0.455. The molecule has 5 rings (SSSR count). The van der Waals surface area contributed by atoms with E-state index in [9.17, 15) is 18.0 Å². The van der Waals surface area contributed by atoms with Gasteiger partial charge in [-0.25, -0.2) is 13.4 Å². The number of ether oxygens (including phenoxy) is 1. The summed E-state index contributed by atoms with van der Waals surface area (Å²) in [5.41, 5.74) is -0.285. The second-order valence-corrected chi connectivity index (χ2v) is 10.3. The molecule has 0 N–H and O–H groups in total. The minimum Gasteiger partial charge on any atom is -0.457 e. The van der Waals surface area contributed by atoms with Crippen molar-refractivity contribution in [3.63, 3.8) is 0 Å². The van der Waals surface area contributed by atoms with Crippen molar-refractivity contribution in [2.24, 2.45) is 7.05 Å². The van der Waals surface area contributed by atoms with Crippen LogP contribution < -0.4 is 15.9 Å². The Morgan fingerprint density at radius 3 is 2.20 bits per heavy atom. The Labute approximate surface area is 201 Å². The van der Waals surface area contributed by atoms with Crippen LogP contribution in [0.4, 0.5) is 0 Å². The monoisotopic (exact) mass is 492 g/mol. The van der Waals surface area contributed by atoms with Gasteiger partial charge in [-0.2, -0.15) is 4.31 Å². The number of hydrogen-bond acceptors (Lipinski definition) is 6. The third kappa shape index (κ3) is 4.26. The fourth-order valence-corrected chi connectivity index (χ4v) is 5.89. The number of rotatable bonds is 5. The van der Waals surface area contributed by atoms with Crippen LogP contribution in [0.5, 0.6) is 11.5 Å². The van der Waals surface area contributed by atoms with E-state index in [0.29, 0.717) is 35.5 Å². The maximum atomic E-state index is 13.2. The summed E-state index contributed by atoms with van der Waals surface area (Å²) < 4.78 is 36.3. The van der Waals surface area contributed by atoms with E-state index in [4.69, 9.17) is 4.74 Å². The van der Waals surface area contributed by atoms with E-state index in [2.05, 4.69) is 4.98 Å². The summed E-state index contributed by atoms with van der Waals surface area (Å²) in [6.07, 6.45) is 2.37. The lowest BCUT2D eigenvalue weighted by atomic mass is 10.1. The summed E-state index contributed by atoms with van der Waals surface area (Å²) in [7, 11) is -2.17. The second kappa shape index (κ2) is 9.12. The number of pyridine rings is 1. The summed E-state index contributed by atoms with van der Waals surface area (Å²) in [5, 5.41) is 0. The Morgan fingerprint density at radius 1 is 0.857 bits per heavy atom. The quantitative estimate of drug-likeness (QED) is 0.397. The van der Waals surface area contributed by atoms with E-state index < -0.39 is 21.1 Å². The van der Waals surface area contributed by atoms with Crippen LogP contribution in [-0.4, -0.2) is 39.9 Å². The Hall–Kier alpha value is -3.76. The average molecular weight is 493 g/mol. The molecular formula is C25H24N4O5S. The summed E-state index contributed by atoms with van der Waals surface area (Å²) in [4.78, 5) is 29.8. The molecule has 1 fully saturated rings. The van der Waals surface area contributed by atoms with Crippen LogP contribution in [0.1, 0.15) is 18.9 Å². The van der Waals surface area contributed by atoms with E-state index >= 15 is 0 Å². The first-order valence-electron chi connectivity index (χ1n) is 11.3. The van der Waals surface area contributed by atoms with Crippen molar-refractivity contribution in [2.75, 3.05) is 13.1 Å². The first-order valence-corrected chi connectivity index (χ1v) is 12.7. The molecule has 9 nitrogen and oxygen atoms in total. The molecule has 1 aliphatic heterocycles. The van der Waals surface area contributed by atoms with Crippen molar-refractivity contribution in [3.8, 4) is 11.5 Å². The zero-order valence-corrected chi connectivity index (χ0v) is 19.9. The highest BCUT2D eigenvalue weighted by molar-refractivity contribution is 7.89. The molecule has 0 radical (unpaired) electrons. The lowest BCUT2D eigenvalue weighted by molar-refractivity contribution is 0.273. The van der Waals surface area contributed by atoms with Gasteiger partial charge in [0.25, 0.3) is 0 Å². The molecule has 0 amide bonds. The Morgan fingerprint density at radius 2 is 1.51 bits per heavy atom. The highest BCUT2D eigenvalue weighted by Gasteiger charge is 2.31. The molecule has 0 bridgehead atoms. The Bertz CT molecular complexity index is 1590.